The second-order valence-corrected chi connectivity index (χ2v) is 6.63. The number of hydrogen-bond acceptors (Lipinski definition) is 4. The lowest BCUT2D eigenvalue weighted by Crippen LogP contribution is -1.93. The van der Waals surface area contributed by atoms with Gasteiger partial charge in [-0.25, -0.2) is 9.50 Å². The highest BCUT2D eigenvalue weighted by atomic mass is 32.1. The van der Waals surface area contributed by atoms with Gasteiger partial charge in [0.1, 0.15) is 10.8 Å². The first-order chi connectivity index (χ1) is 11.3. The van der Waals surface area contributed by atoms with Crippen LogP contribution in [0.1, 0.15) is 44.5 Å². The van der Waals surface area contributed by atoms with E-state index in [4.69, 9.17) is 9.72 Å². The molecule has 0 saturated carbocycles. The third kappa shape index (κ3) is 3.72. The molecule has 0 radical (unpaired) electrons. The number of nitrogens with zero attached hydrogens (tertiary/aromatic N) is 3. The lowest BCUT2D eigenvalue weighted by Gasteiger charge is -2.07. The van der Waals surface area contributed by atoms with Crippen LogP contribution in [0.25, 0.3) is 16.2 Å². The van der Waals surface area contributed by atoms with Gasteiger partial charge >= 0.3 is 0 Å². The molecule has 3 aromatic rings. The number of benzene rings is 1. The minimum atomic E-state index is 0.652. The summed E-state index contributed by atoms with van der Waals surface area (Å²) in [6.07, 6.45) is 8.12. The van der Waals surface area contributed by atoms with Crippen LogP contribution in [0.2, 0.25) is 0 Å². The number of imidazole rings is 1. The van der Waals surface area contributed by atoms with E-state index in [1.165, 1.54) is 30.7 Å². The van der Waals surface area contributed by atoms with Gasteiger partial charge in [-0.3, -0.25) is 0 Å². The Bertz CT molecular complexity index is 731. The molecule has 2 heterocycles. The van der Waals surface area contributed by atoms with Crippen molar-refractivity contribution in [2.24, 2.45) is 0 Å². The molecule has 1 aromatic carbocycles. The number of aryl methyl sites for hydroxylation is 1. The summed E-state index contributed by atoms with van der Waals surface area (Å²) in [7, 11) is 0. The average molecular weight is 329 g/mol. The molecule has 0 bridgehead atoms. The van der Waals surface area contributed by atoms with Gasteiger partial charge in [-0.15, -0.1) is 0 Å². The smallest absolute Gasteiger partial charge is 0.212 e. The van der Waals surface area contributed by atoms with Gasteiger partial charge in [0, 0.05) is 12.0 Å². The van der Waals surface area contributed by atoms with Gasteiger partial charge in [-0.2, -0.15) is 5.10 Å². The quantitative estimate of drug-likeness (QED) is 0.547. The molecule has 23 heavy (non-hydrogen) atoms. The number of unbranched alkanes of at least 4 members (excludes halogenated alkanes) is 3. The van der Waals surface area contributed by atoms with E-state index < -0.39 is 0 Å². The Balaban J connectivity index is 1.78. The van der Waals surface area contributed by atoms with Gasteiger partial charge in [0.2, 0.25) is 4.96 Å². The van der Waals surface area contributed by atoms with Crippen LogP contribution in [0.15, 0.2) is 30.5 Å². The van der Waals surface area contributed by atoms with Crippen LogP contribution in [-0.2, 0) is 6.42 Å². The van der Waals surface area contributed by atoms with Crippen LogP contribution < -0.4 is 4.74 Å². The van der Waals surface area contributed by atoms with Crippen molar-refractivity contribution < 1.29 is 4.74 Å². The first-order valence-corrected chi connectivity index (χ1v) is 9.20. The molecule has 0 amide bonds. The monoisotopic (exact) mass is 329 g/mol. The zero-order valence-corrected chi connectivity index (χ0v) is 14.6. The van der Waals surface area contributed by atoms with Gasteiger partial charge in [0.05, 0.1) is 18.5 Å². The zero-order chi connectivity index (χ0) is 16.1. The number of para-hydroxylation sites is 1. The van der Waals surface area contributed by atoms with E-state index in [-0.39, 0.29) is 0 Å². The van der Waals surface area contributed by atoms with Crippen molar-refractivity contribution in [3.05, 3.63) is 35.5 Å². The maximum Gasteiger partial charge on any atom is 0.212 e. The molecule has 5 heteroatoms. The first-order valence-electron chi connectivity index (χ1n) is 8.39. The van der Waals surface area contributed by atoms with Crippen LogP contribution >= 0.6 is 11.3 Å². The van der Waals surface area contributed by atoms with Crippen LogP contribution in [-0.4, -0.2) is 21.2 Å². The van der Waals surface area contributed by atoms with Crippen LogP contribution in [0.3, 0.4) is 0 Å². The standard InChI is InChI=1S/C18H23N3OS/c1-3-5-6-7-12-17-20-21-13-15(19-18(21)23-17)14-10-8-9-11-16(14)22-4-2/h8-11,13H,3-7,12H2,1-2H3. The molecular formula is C18H23N3OS. The number of aromatic nitrogens is 3. The predicted octanol–water partition coefficient (Wildman–Crippen LogP) is 4.98. The predicted molar refractivity (Wildman–Crippen MR) is 95.3 cm³/mol. The minimum absolute atomic E-state index is 0.652. The largest absolute Gasteiger partial charge is 0.493 e. The van der Waals surface area contributed by atoms with E-state index in [0.717, 1.165) is 28.4 Å². The van der Waals surface area contributed by atoms with Gasteiger partial charge in [-0.05, 0) is 25.5 Å². The second-order valence-electron chi connectivity index (χ2n) is 5.59. The summed E-state index contributed by atoms with van der Waals surface area (Å²) < 4.78 is 7.60. The Morgan fingerprint density at radius 1 is 1.13 bits per heavy atom. The van der Waals surface area contributed by atoms with Crippen molar-refractivity contribution in [3.63, 3.8) is 0 Å². The highest BCUT2D eigenvalue weighted by molar-refractivity contribution is 7.16. The molecule has 0 aliphatic rings. The molecule has 0 aliphatic carbocycles. The molecule has 3 rings (SSSR count). The van der Waals surface area contributed by atoms with Gasteiger partial charge in [0.25, 0.3) is 0 Å². The summed E-state index contributed by atoms with van der Waals surface area (Å²) in [6, 6.07) is 8.03. The summed E-state index contributed by atoms with van der Waals surface area (Å²) in [5.41, 5.74) is 1.95. The first kappa shape index (κ1) is 16.0. The van der Waals surface area contributed by atoms with Crippen molar-refractivity contribution in [3.8, 4) is 17.0 Å². The molecule has 2 aromatic heterocycles. The Morgan fingerprint density at radius 3 is 2.78 bits per heavy atom. The normalized spacial score (nSPS) is 11.2. The van der Waals surface area contributed by atoms with Crippen LogP contribution in [0, 0.1) is 0 Å². The van der Waals surface area contributed by atoms with Gasteiger partial charge in [0.15, 0.2) is 0 Å². The molecule has 0 aliphatic heterocycles. The fraction of sp³-hybridized carbons (Fsp3) is 0.444. The molecule has 0 atom stereocenters. The van der Waals surface area contributed by atoms with E-state index in [1.807, 2.05) is 41.9 Å². The Kier molecular flexibility index (Phi) is 5.28. The summed E-state index contributed by atoms with van der Waals surface area (Å²) >= 11 is 1.69. The number of rotatable bonds is 8. The molecule has 4 nitrogen and oxygen atoms in total. The van der Waals surface area contributed by atoms with E-state index in [1.54, 1.807) is 11.3 Å². The summed E-state index contributed by atoms with van der Waals surface area (Å²) in [4.78, 5) is 5.69. The fourth-order valence-corrected chi connectivity index (χ4v) is 3.55. The Hall–Kier alpha value is -1.88. The van der Waals surface area contributed by atoms with Crippen molar-refractivity contribution >= 4 is 16.3 Å². The number of hydrogen-bond donors (Lipinski definition) is 0. The molecule has 0 unspecified atom stereocenters. The maximum atomic E-state index is 5.70. The van der Waals surface area contributed by atoms with E-state index in [0.29, 0.717) is 6.61 Å². The van der Waals surface area contributed by atoms with Crippen LogP contribution in [0.5, 0.6) is 5.75 Å². The van der Waals surface area contributed by atoms with Crippen molar-refractivity contribution in [1.82, 2.24) is 14.6 Å². The Morgan fingerprint density at radius 2 is 2.00 bits per heavy atom. The lowest BCUT2D eigenvalue weighted by atomic mass is 10.1. The molecule has 122 valence electrons. The van der Waals surface area contributed by atoms with Crippen molar-refractivity contribution in [2.75, 3.05) is 6.61 Å². The van der Waals surface area contributed by atoms with Gasteiger partial charge in [-0.1, -0.05) is 49.7 Å². The van der Waals surface area contributed by atoms with Crippen molar-refractivity contribution in [2.45, 2.75) is 46.0 Å². The average Bonchev–Trinajstić information content (AvgIpc) is 3.11. The summed E-state index contributed by atoms with van der Waals surface area (Å²) in [6.45, 7) is 4.88. The highest BCUT2D eigenvalue weighted by Crippen LogP contribution is 2.30. The SMILES string of the molecule is CCCCCCc1nn2cc(-c3ccccc3OCC)nc2s1. The summed E-state index contributed by atoms with van der Waals surface area (Å²) in [5.74, 6) is 0.876. The zero-order valence-electron chi connectivity index (χ0n) is 13.8. The maximum absolute atomic E-state index is 5.70. The topological polar surface area (TPSA) is 39.4 Å². The lowest BCUT2D eigenvalue weighted by molar-refractivity contribution is 0.341. The third-order valence-corrected chi connectivity index (χ3v) is 4.77. The molecule has 0 N–H and O–H groups in total. The van der Waals surface area contributed by atoms with Gasteiger partial charge < -0.3 is 4.74 Å². The summed E-state index contributed by atoms with van der Waals surface area (Å²) in [5, 5.41) is 5.84. The highest BCUT2D eigenvalue weighted by Gasteiger charge is 2.12. The number of fused-ring (bicyclic) bond motifs is 1. The second kappa shape index (κ2) is 7.59. The molecule has 0 fully saturated rings. The Labute approximate surface area is 141 Å². The molecule has 0 saturated heterocycles. The van der Waals surface area contributed by atoms with E-state index >= 15 is 0 Å². The van der Waals surface area contributed by atoms with Crippen molar-refractivity contribution in [1.29, 1.82) is 0 Å². The third-order valence-electron chi connectivity index (χ3n) is 3.79. The van der Waals surface area contributed by atoms with E-state index in [9.17, 15) is 0 Å². The van der Waals surface area contributed by atoms with Crippen LogP contribution in [0.4, 0.5) is 0 Å². The number of ether oxygens (including phenoxy) is 1. The minimum Gasteiger partial charge on any atom is -0.493 e. The fourth-order valence-electron chi connectivity index (χ4n) is 2.63. The molecular weight excluding hydrogens is 306 g/mol. The van der Waals surface area contributed by atoms with E-state index in [2.05, 4.69) is 12.0 Å². The molecule has 0 spiro atoms.